The Kier molecular flexibility index (Phi) is 6.68. The Morgan fingerprint density at radius 1 is 1.34 bits per heavy atom. The number of aryl methyl sites for hydroxylation is 2. The molecule has 32 heavy (non-hydrogen) atoms. The van der Waals surface area contributed by atoms with Gasteiger partial charge >= 0.3 is 0 Å². The van der Waals surface area contributed by atoms with Crippen LogP contribution >= 0.6 is 22.9 Å². The smallest absolute Gasteiger partial charge is 0.255 e. The van der Waals surface area contributed by atoms with Crippen LogP contribution in [-0.4, -0.2) is 28.4 Å². The average Bonchev–Trinajstić information content (AvgIpc) is 3.29. The van der Waals surface area contributed by atoms with E-state index in [1.54, 1.807) is 16.2 Å². The minimum atomic E-state index is -0.346. The molecule has 2 unspecified atom stereocenters. The number of carbonyl (C=O) groups is 3. The summed E-state index contributed by atoms with van der Waals surface area (Å²) in [5.41, 5.74) is 4.76. The number of hydrogen-bond donors (Lipinski definition) is 0. The van der Waals surface area contributed by atoms with Gasteiger partial charge < -0.3 is 4.90 Å². The highest BCUT2D eigenvalue weighted by Gasteiger charge is 2.39. The average molecular weight is 470 g/mol. The molecule has 168 valence electrons. The van der Waals surface area contributed by atoms with Gasteiger partial charge in [0.2, 0.25) is 0 Å². The van der Waals surface area contributed by atoms with Gasteiger partial charge in [-0.2, -0.15) is 0 Å². The molecule has 1 fully saturated rings. The molecule has 2 aliphatic rings. The minimum Gasteiger partial charge on any atom is -0.324 e. The number of rotatable bonds is 7. The first-order valence-electron chi connectivity index (χ1n) is 11.1. The summed E-state index contributed by atoms with van der Waals surface area (Å²) in [6, 6.07) is 5.61. The molecular formula is C26H28ClNO3S. The van der Waals surface area contributed by atoms with E-state index in [0.29, 0.717) is 44.2 Å². The van der Waals surface area contributed by atoms with Crippen LogP contribution in [0, 0.1) is 12.8 Å². The fraction of sp³-hybridized carbons (Fsp3) is 0.423. The summed E-state index contributed by atoms with van der Waals surface area (Å²) in [6.07, 6.45) is 3.57. The second-order valence-corrected chi connectivity index (χ2v) is 10.5. The molecule has 0 radical (unpaired) electrons. The van der Waals surface area contributed by atoms with Gasteiger partial charge in [-0.25, -0.2) is 0 Å². The quantitative estimate of drug-likeness (QED) is 0.487. The molecule has 0 saturated heterocycles. The lowest BCUT2D eigenvalue weighted by Gasteiger charge is -2.30. The Balaban J connectivity index is 1.37. The van der Waals surface area contributed by atoms with Gasteiger partial charge in [0.1, 0.15) is 5.78 Å². The van der Waals surface area contributed by atoms with Crippen LogP contribution in [0.1, 0.15) is 64.5 Å². The Morgan fingerprint density at radius 2 is 2.12 bits per heavy atom. The van der Waals surface area contributed by atoms with Crippen molar-refractivity contribution in [2.75, 3.05) is 0 Å². The first kappa shape index (κ1) is 22.9. The number of thiophene rings is 1. The van der Waals surface area contributed by atoms with Gasteiger partial charge in [0.15, 0.2) is 5.78 Å². The molecule has 1 aromatic heterocycles. The predicted octanol–water partition coefficient (Wildman–Crippen LogP) is 5.72. The number of Topliss-reactive ketones (excluding diaryl/α,β-unsaturated/α-hetero) is 2. The number of benzene rings is 1. The highest BCUT2D eigenvalue weighted by atomic mass is 35.5. The van der Waals surface area contributed by atoms with Gasteiger partial charge in [0.05, 0.1) is 11.6 Å². The summed E-state index contributed by atoms with van der Waals surface area (Å²) in [5.74, 6) is 0.161. The molecule has 1 aliphatic heterocycles. The zero-order valence-corrected chi connectivity index (χ0v) is 20.2. The van der Waals surface area contributed by atoms with E-state index in [1.807, 2.05) is 37.4 Å². The predicted molar refractivity (Wildman–Crippen MR) is 128 cm³/mol. The van der Waals surface area contributed by atoms with E-state index in [1.165, 1.54) is 0 Å². The molecule has 1 aliphatic carbocycles. The lowest BCUT2D eigenvalue weighted by molar-refractivity contribution is -0.124. The fourth-order valence-corrected chi connectivity index (χ4v) is 5.87. The van der Waals surface area contributed by atoms with Crippen LogP contribution in [0.5, 0.6) is 0 Å². The maximum Gasteiger partial charge on any atom is 0.255 e. The maximum atomic E-state index is 12.9. The van der Waals surface area contributed by atoms with E-state index in [4.69, 9.17) is 11.6 Å². The molecule has 4 nitrogen and oxygen atoms in total. The Morgan fingerprint density at radius 3 is 2.84 bits per heavy atom. The Labute approximate surface area is 198 Å². The van der Waals surface area contributed by atoms with Crippen LogP contribution in [0.15, 0.2) is 35.7 Å². The highest BCUT2D eigenvalue weighted by molar-refractivity contribution is 7.10. The number of halogens is 1. The molecule has 0 spiro atoms. The zero-order valence-electron chi connectivity index (χ0n) is 18.6. The van der Waals surface area contributed by atoms with Gasteiger partial charge in [-0.3, -0.25) is 14.4 Å². The van der Waals surface area contributed by atoms with Crippen LogP contribution in [-0.2, 0) is 29.0 Å². The third kappa shape index (κ3) is 4.60. The molecule has 4 rings (SSSR count). The molecule has 2 heterocycles. The van der Waals surface area contributed by atoms with E-state index >= 15 is 0 Å². The summed E-state index contributed by atoms with van der Waals surface area (Å²) >= 11 is 7.77. The van der Waals surface area contributed by atoms with E-state index in [2.05, 4.69) is 6.58 Å². The Hall–Kier alpha value is -2.24. The minimum absolute atomic E-state index is 0.0516. The zero-order chi connectivity index (χ0) is 23.0. The van der Waals surface area contributed by atoms with Crippen molar-refractivity contribution in [1.29, 1.82) is 0 Å². The monoisotopic (exact) mass is 469 g/mol. The van der Waals surface area contributed by atoms with Crippen LogP contribution in [0.2, 0.25) is 5.02 Å². The third-order valence-electron chi connectivity index (χ3n) is 6.67. The molecule has 0 bridgehead atoms. The second kappa shape index (κ2) is 9.32. The molecule has 2 atom stereocenters. The number of fused-ring (bicyclic) bond motifs is 1. The number of ketones is 2. The molecule has 2 aromatic rings. The van der Waals surface area contributed by atoms with Crippen molar-refractivity contribution in [3.05, 3.63) is 67.9 Å². The van der Waals surface area contributed by atoms with Gasteiger partial charge in [-0.1, -0.05) is 42.8 Å². The van der Waals surface area contributed by atoms with Crippen LogP contribution in [0.25, 0.3) is 0 Å². The van der Waals surface area contributed by atoms with Crippen molar-refractivity contribution in [2.24, 2.45) is 5.92 Å². The van der Waals surface area contributed by atoms with Crippen molar-refractivity contribution in [3.8, 4) is 0 Å². The van der Waals surface area contributed by atoms with E-state index in [9.17, 15) is 14.4 Å². The normalized spacial score (nSPS) is 19.4. The first-order chi connectivity index (χ1) is 15.2. The first-order valence-corrected chi connectivity index (χ1v) is 12.4. The topological polar surface area (TPSA) is 54.5 Å². The van der Waals surface area contributed by atoms with Gasteiger partial charge in [-0.05, 0) is 55.4 Å². The molecular weight excluding hydrogens is 442 g/mol. The van der Waals surface area contributed by atoms with Crippen molar-refractivity contribution < 1.29 is 14.4 Å². The number of hydrogen-bond acceptors (Lipinski definition) is 4. The maximum absolute atomic E-state index is 12.9. The Bertz CT molecular complexity index is 1100. The van der Waals surface area contributed by atoms with Crippen molar-refractivity contribution >= 4 is 40.4 Å². The lowest BCUT2D eigenvalue weighted by Crippen LogP contribution is -2.43. The number of nitrogens with zero attached hydrogens (tertiary/aromatic N) is 1. The van der Waals surface area contributed by atoms with E-state index < -0.39 is 0 Å². The van der Waals surface area contributed by atoms with Crippen molar-refractivity contribution in [3.63, 3.8) is 0 Å². The van der Waals surface area contributed by atoms with Crippen LogP contribution in [0.4, 0.5) is 0 Å². The van der Waals surface area contributed by atoms with Crippen LogP contribution < -0.4 is 0 Å². The molecule has 0 N–H and O–H groups in total. The summed E-state index contributed by atoms with van der Waals surface area (Å²) in [6.45, 7) is 8.32. The summed E-state index contributed by atoms with van der Waals surface area (Å²) in [4.78, 5) is 41.0. The summed E-state index contributed by atoms with van der Waals surface area (Å²) < 4.78 is 0. The van der Waals surface area contributed by atoms with Crippen LogP contribution in [0.3, 0.4) is 0 Å². The lowest BCUT2D eigenvalue weighted by atomic mass is 9.89. The largest absolute Gasteiger partial charge is 0.324 e. The van der Waals surface area contributed by atoms with E-state index in [0.717, 1.165) is 38.6 Å². The van der Waals surface area contributed by atoms with Gasteiger partial charge in [0, 0.05) is 40.6 Å². The second-order valence-electron chi connectivity index (χ2n) is 9.09. The number of allylic oxidation sites excluding steroid dienone is 1. The summed E-state index contributed by atoms with van der Waals surface area (Å²) in [5, 5.41) is 2.62. The molecule has 1 saturated carbocycles. The van der Waals surface area contributed by atoms with E-state index in [-0.39, 0.29) is 29.4 Å². The molecule has 1 amide bonds. The highest BCUT2D eigenvalue weighted by Crippen LogP contribution is 2.36. The van der Waals surface area contributed by atoms with Crippen molar-refractivity contribution in [1.82, 2.24) is 4.90 Å². The fourth-order valence-electron chi connectivity index (χ4n) is 4.63. The molecule has 6 heteroatoms. The SMILES string of the molecule is C=C1CCC(N2Cc3c(csc3CCC(=O)C(C)Cc3ccc(C)c(Cl)c3)C2=O)C(=O)C1. The standard InChI is InChI=1S/C26H28ClNO3S/c1-15-4-7-22(24(30)10-15)28-13-19-20(26(28)31)14-32-25(19)9-8-23(29)17(3)11-18-6-5-16(2)21(27)12-18/h5-6,12,14,17,22H,1,4,7-11,13H2,2-3H3. The summed E-state index contributed by atoms with van der Waals surface area (Å²) in [7, 11) is 0. The van der Waals surface area contributed by atoms with Crippen molar-refractivity contribution in [2.45, 2.75) is 65.0 Å². The van der Waals surface area contributed by atoms with Gasteiger partial charge in [-0.15, -0.1) is 11.3 Å². The molecule has 1 aromatic carbocycles. The number of carbonyl (C=O) groups excluding carboxylic acids is 3. The third-order valence-corrected chi connectivity index (χ3v) is 8.17. The van der Waals surface area contributed by atoms with Gasteiger partial charge in [0.25, 0.3) is 5.91 Å². The number of amides is 1.